The molecule has 0 amide bonds. The van der Waals surface area contributed by atoms with Crippen LogP contribution < -0.4 is 0 Å². The Bertz CT molecular complexity index is 463. The maximum atomic E-state index is 11.7. The van der Waals surface area contributed by atoms with E-state index in [-0.39, 0.29) is 19.5 Å². The van der Waals surface area contributed by atoms with Crippen molar-refractivity contribution in [1.82, 2.24) is 0 Å². The van der Waals surface area contributed by atoms with E-state index in [0.717, 1.165) is 0 Å². The van der Waals surface area contributed by atoms with E-state index in [4.69, 9.17) is 18.9 Å². The Morgan fingerprint density at radius 1 is 1.15 bits per heavy atom. The molecule has 1 atom stereocenters. The van der Waals surface area contributed by atoms with Crippen LogP contribution in [0.2, 0.25) is 0 Å². The topological polar surface area (TPSA) is 74.4 Å². The van der Waals surface area contributed by atoms with Gasteiger partial charge in [-0.05, 0) is 31.2 Å². The molecule has 1 saturated heterocycles. The summed E-state index contributed by atoms with van der Waals surface area (Å²) in [5.41, 5.74) is 0.735. The SMILES string of the molecule is CCOCOC(=O)c1ccc(C(=O)OCC2CO2)cc1. The molecule has 0 aromatic heterocycles. The molecule has 0 spiro atoms. The Kier molecular flexibility index (Phi) is 5.09. The highest BCUT2D eigenvalue weighted by Gasteiger charge is 2.24. The highest BCUT2D eigenvalue weighted by molar-refractivity contribution is 5.93. The fourth-order valence-electron chi connectivity index (χ4n) is 1.42. The van der Waals surface area contributed by atoms with Crippen molar-refractivity contribution in [3.63, 3.8) is 0 Å². The van der Waals surface area contributed by atoms with E-state index in [1.54, 1.807) is 6.92 Å². The molecule has 108 valence electrons. The van der Waals surface area contributed by atoms with Crippen LogP contribution in [0.3, 0.4) is 0 Å². The molecule has 0 N–H and O–H groups in total. The molecule has 1 unspecified atom stereocenters. The van der Waals surface area contributed by atoms with Gasteiger partial charge in [0.25, 0.3) is 0 Å². The minimum atomic E-state index is -0.496. The van der Waals surface area contributed by atoms with Crippen LogP contribution in [0.4, 0.5) is 0 Å². The first-order chi connectivity index (χ1) is 9.70. The third-order valence-electron chi connectivity index (χ3n) is 2.64. The quantitative estimate of drug-likeness (QED) is 0.325. The molecule has 1 aromatic rings. The van der Waals surface area contributed by atoms with Crippen LogP contribution in [0.15, 0.2) is 24.3 Å². The number of benzene rings is 1. The summed E-state index contributed by atoms with van der Waals surface area (Å²) >= 11 is 0. The molecule has 0 bridgehead atoms. The number of hydrogen-bond acceptors (Lipinski definition) is 6. The van der Waals surface area contributed by atoms with Gasteiger partial charge in [0.05, 0.1) is 17.7 Å². The molecule has 0 radical (unpaired) electrons. The highest BCUT2D eigenvalue weighted by Crippen LogP contribution is 2.11. The van der Waals surface area contributed by atoms with Crippen LogP contribution in [0.1, 0.15) is 27.6 Å². The molecule has 1 fully saturated rings. The highest BCUT2D eigenvalue weighted by atomic mass is 16.7. The molecule has 6 heteroatoms. The molecular weight excluding hydrogens is 264 g/mol. The number of carbonyl (C=O) groups is 2. The summed E-state index contributed by atoms with van der Waals surface area (Å²) in [6, 6.07) is 6.07. The van der Waals surface area contributed by atoms with Crippen molar-refractivity contribution in [3.05, 3.63) is 35.4 Å². The average Bonchev–Trinajstić information content (AvgIpc) is 3.29. The lowest BCUT2D eigenvalue weighted by molar-refractivity contribution is -0.0274. The minimum absolute atomic E-state index is 0.0340. The molecule has 2 rings (SSSR count). The largest absolute Gasteiger partial charge is 0.459 e. The molecule has 1 heterocycles. The van der Waals surface area contributed by atoms with Crippen LogP contribution >= 0.6 is 0 Å². The van der Waals surface area contributed by atoms with E-state index >= 15 is 0 Å². The van der Waals surface area contributed by atoms with E-state index < -0.39 is 11.9 Å². The summed E-state index contributed by atoms with van der Waals surface area (Å²) in [6.07, 6.45) is 0.0340. The zero-order chi connectivity index (χ0) is 14.4. The Balaban J connectivity index is 1.84. The van der Waals surface area contributed by atoms with Crippen molar-refractivity contribution < 1.29 is 28.5 Å². The normalized spacial score (nSPS) is 16.6. The van der Waals surface area contributed by atoms with Crippen molar-refractivity contribution in [3.8, 4) is 0 Å². The van der Waals surface area contributed by atoms with E-state index in [1.165, 1.54) is 24.3 Å². The van der Waals surface area contributed by atoms with Gasteiger partial charge in [-0.1, -0.05) is 0 Å². The molecular formula is C14H16O6. The van der Waals surface area contributed by atoms with Gasteiger partial charge in [-0.15, -0.1) is 0 Å². The van der Waals surface area contributed by atoms with Gasteiger partial charge in [0.1, 0.15) is 12.7 Å². The summed E-state index contributed by atoms with van der Waals surface area (Å²) in [6.45, 7) is 3.10. The molecule has 1 aromatic carbocycles. The van der Waals surface area contributed by atoms with Gasteiger partial charge in [0.2, 0.25) is 0 Å². The van der Waals surface area contributed by atoms with Crippen molar-refractivity contribution in [1.29, 1.82) is 0 Å². The molecule has 1 aliphatic rings. The predicted molar refractivity (Wildman–Crippen MR) is 68.4 cm³/mol. The second kappa shape index (κ2) is 7.02. The third-order valence-corrected chi connectivity index (χ3v) is 2.64. The molecule has 20 heavy (non-hydrogen) atoms. The minimum Gasteiger partial charge on any atom is -0.459 e. The van der Waals surface area contributed by atoms with Gasteiger partial charge in [0.15, 0.2) is 6.79 Å². The molecule has 1 aliphatic heterocycles. The smallest absolute Gasteiger partial charge is 0.340 e. The van der Waals surface area contributed by atoms with Gasteiger partial charge in [-0.25, -0.2) is 9.59 Å². The van der Waals surface area contributed by atoms with Gasteiger partial charge >= 0.3 is 11.9 Å². The Morgan fingerprint density at radius 2 is 1.70 bits per heavy atom. The first-order valence-corrected chi connectivity index (χ1v) is 6.34. The zero-order valence-corrected chi connectivity index (χ0v) is 11.2. The van der Waals surface area contributed by atoms with Crippen LogP contribution in [-0.4, -0.2) is 44.7 Å². The number of rotatable bonds is 7. The first kappa shape index (κ1) is 14.5. The van der Waals surface area contributed by atoms with Crippen molar-refractivity contribution in [2.75, 3.05) is 26.6 Å². The lowest BCUT2D eigenvalue weighted by atomic mass is 10.1. The molecule has 0 saturated carbocycles. The van der Waals surface area contributed by atoms with Gasteiger partial charge in [-0.3, -0.25) is 0 Å². The summed E-state index contributed by atoms with van der Waals surface area (Å²) in [4.78, 5) is 23.2. The van der Waals surface area contributed by atoms with Crippen LogP contribution in [0.5, 0.6) is 0 Å². The summed E-state index contributed by atoms with van der Waals surface area (Å²) in [5, 5.41) is 0. The summed E-state index contributed by atoms with van der Waals surface area (Å²) in [5.74, 6) is -0.931. The molecule has 6 nitrogen and oxygen atoms in total. The fraction of sp³-hybridized carbons (Fsp3) is 0.429. The van der Waals surface area contributed by atoms with Crippen LogP contribution in [-0.2, 0) is 18.9 Å². The van der Waals surface area contributed by atoms with Gasteiger partial charge in [0, 0.05) is 6.61 Å². The number of carbonyl (C=O) groups excluding carboxylic acids is 2. The van der Waals surface area contributed by atoms with E-state index in [0.29, 0.717) is 24.3 Å². The Morgan fingerprint density at radius 3 is 2.20 bits per heavy atom. The van der Waals surface area contributed by atoms with E-state index in [1.807, 2.05) is 0 Å². The third kappa shape index (κ3) is 4.32. The van der Waals surface area contributed by atoms with Gasteiger partial charge in [-0.2, -0.15) is 0 Å². The van der Waals surface area contributed by atoms with Crippen LogP contribution in [0, 0.1) is 0 Å². The predicted octanol–water partition coefficient (Wildman–Crippen LogP) is 1.39. The standard InChI is InChI=1S/C14H16O6/c1-2-17-9-20-14(16)11-5-3-10(4-6-11)13(15)19-8-12-7-18-12/h3-6,12H,2,7-9H2,1H3. The number of esters is 2. The van der Waals surface area contributed by atoms with Crippen molar-refractivity contribution in [2.45, 2.75) is 13.0 Å². The maximum absolute atomic E-state index is 11.7. The number of ether oxygens (including phenoxy) is 4. The van der Waals surface area contributed by atoms with Crippen LogP contribution in [0.25, 0.3) is 0 Å². The number of hydrogen-bond donors (Lipinski definition) is 0. The average molecular weight is 280 g/mol. The van der Waals surface area contributed by atoms with Crippen molar-refractivity contribution >= 4 is 11.9 Å². The lowest BCUT2D eigenvalue weighted by Gasteiger charge is -2.06. The second-order valence-corrected chi connectivity index (χ2v) is 4.17. The molecule has 0 aliphatic carbocycles. The summed E-state index contributed by atoms with van der Waals surface area (Å²) < 4.78 is 19.8. The lowest BCUT2D eigenvalue weighted by Crippen LogP contribution is -2.11. The van der Waals surface area contributed by atoms with Crippen molar-refractivity contribution in [2.24, 2.45) is 0 Å². The Hall–Kier alpha value is -1.92. The fourth-order valence-corrected chi connectivity index (χ4v) is 1.42. The monoisotopic (exact) mass is 280 g/mol. The maximum Gasteiger partial charge on any atom is 0.340 e. The van der Waals surface area contributed by atoms with E-state index in [2.05, 4.69) is 0 Å². The number of epoxide rings is 1. The van der Waals surface area contributed by atoms with Gasteiger partial charge < -0.3 is 18.9 Å². The van der Waals surface area contributed by atoms with E-state index in [9.17, 15) is 9.59 Å². The first-order valence-electron chi connectivity index (χ1n) is 6.34. The second-order valence-electron chi connectivity index (χ2n) is 4.17. The Labute approximate surface area is 116 Å². The zero-order valence-electron chi connectivity index (χ0n) is 11.2. The summed E-state index contributed by atoms with van der Waals surface area (Å²) in [7, 11) is 0.